The van der Waals surface area contributed by atoms with Gasteiger partial charge >= 0.3 is 12.0 Å². The van der Waals surface area contributed by atoms with E-state index in [1.54, 1.807) is 30.3 Å². The van der Waals surface area contributed by atoms with Gasteiger partial charge in [-0.25, -0.2) is 9.69 Å². The molecule has 1 saturated heterocycles. The molecule has 10 nitrogen and oxygen atoms in total. The summed E-state index contributed by atoms with van der Waals surface area (Å²) in [6.07, 6.45) is 1.39. The number of rotatable bonds is 7. The van der Waals surface area contributed by atoms with Gasteiger partial charge in [-0.15, -0.1) is 0 Å². The van der Waals surface area contributed by atoms with Crippen LogP contribution in [0.25, 0.3) is 6.08 Å². The molecule has 0 saturated carbocycles. The molecule has 0 bridgehead atoms. The fourth-order valence-corrected chi connectivity index (χ4v) is 3.02. The van der Waals surface area contributed by atoms with Crippen molar-refractivity contribution in [3.8, 4) is 5.75 Å². The number of nitro benzene ring substituents is 1. The summed E-state index contributed by atoms with van der Waals surface area (Å²) in [4.78, 5) is 45.8. The Kier molecular flexibility index (Phi) is 6.11. The highest BCUT2D eigenvalue weighted by molar-refractivity contribution is 9.10. The Morgan fingerprint density at radius 1 is 1.23 bits per heavy atom. The predicted molar refractivity (Wildman–Crippen MR) is 107 cm³/mol. The lowest BCUT2D eigenvalue weighted by molar-refractivity contribution is -0.384. The van der Waals surface area contributed by atoms with Gasteiger partial charge in [0.25, 0.3) is 11.6 Å². The van der Waals surface area contributed by atoms with E-state index in [0.717, 1.165) is 0 Å². The molecule has 0 aromatic heterocycles. The number of non-ortho nitro benzene ring substituents is 1. The standard InChI is InChI=1S/C19H14BrN3O7/c20-13-3-6-16(30-10-11-1-4-14(5-2-11)23(28)29)12(7-13)8-15-18(26)22(9-17(24)25)19(27)21-15/h1-8H,9-10H2,(H,21,27)(H,24,25)/b15-8+. The minimum atomic E-state index is -1.31. The average Bonchev–Trinajstić information content (AvgIpc) is 2.94. The summed E-state index contributed by atoms with van der Waals surface area (Å²) in [7, 11) is 0. The van der Waals surface area contributed by atoms with Crippen LogP contribution in [-0.4, -0.2) is 39.4 Å². The molecule has 11 heteroatoms. The van der Waals surface area contributed by atoms with Gasteiger partial charge in [0, 0.05) is 22.2 Å². The fourth-order valence-electron chi connectivity index (χ4n) is 2.64. The maximum Gasteiger partial charge on any atom is 0.329 e. The summed E-state index contributed by atoms with van der Waals surface area (Å²) in [6.45, 7) is -0.634. The number of carboxylic acid groups (broad SMARTS) is 1. The van der Waals surface area contributed by atoms with Crippen LogP contribution in [0.4, 0.5) is 10.5 Å². The molecule has 1 heterocycles. The minimum Gasteiger partial charge on any atom is -0.488 e. The Labute approximate surface area is 178 Å². The highest BCUT2D eigenvalue weighted by atomic mass is 79.9. The van der Waals surface area contributed by atoms with Crippen LogP contribution in [0, 0.1) is 10.1 Å². The number of nitrogens with one attached hydrogen (secondary N) is 1. The van der Waals surface area contributed by atoms with Crippen molar-refractivity contribution in [3.05, 3.63) is 73.9 Å². The average molecular weight is 476 g/mol. The molecule has 2 aromatic rings. The lowest BCUT2D eigenvalue weighted by atomic mass is 10.1. The monoisotopic (exact) mass is 475 g/mol. The molecule has 0 aliphatic carbocycles. The Morgan fingerprint density at radius 3 is 2.57 bits per heavy atom. The highest BCUT2D eigenvalue weighted by Crippen LogP contribution is 2.27. The van der Waals surface area contributed by atoms with Gasteiger partial charge in [0.15, 0.2) is 0 Å². The summed E-state index contributed by atoms with van der Waals surface area (Å²) in [5.41, 5.74) is 1.04. The molecule has 0 radical (unpaired) electrons. The van der Waals surface area contributed by atoms with Gasteiger partial charge in [-0.3, -0.25) is 19.7 Å². The van der Waals surface area contributed by atoms with Crippen LogP contribution in [0.1, 0.15) is 11.1 Å². The first-order chi connectivity index (χ1) is 14.2. The number of carboxylic acids is 1. The molecule has 2 N–H and O–H groups in total. The molecule has 0 atom stereocenters. The lowest BCUT2D eigenvalue weighted by Gasteiger charge is -2.10. The van der Waals surface area contributed by atoms with Crippen molar-refractivity contribution in [2.24, 2.45) is 0 Å². The first kappa shape index (κ1) is 21.0. The normalized spacial score (nSPS) is 14.7. The van der Waals surface area contributed by atoms with Crippen LogP contribution in [0.2, 0.25) is 0 Å². The van der Waals surface area contributed by atoms with E-state index in [-0.39, 0.29) is 18.0 Å². The number of nitrogens with zero attached hydrogens (tertiary/aromatic N) is 2. The zero-order valence-corrected chi connectivity index (χ0v) is 16.8. The zero-order valence-electron chi connectivity index (χ0n) is 15.2. The van der Waals surface area contributed by atoms with E-state index in [4.69, 9.17) is 9.84 Å². The first-order valence-corrected chi connectivity index (χ1v) is 9.26. The van der Waals surface area contributed by atoms with Crippen molar-refractivity contribution in [3.63, 3.8) is 0 Å². The molecule has 3 rings (SSSR count). The van der Waals surface area contributed by atoms with Crippen molar-refractivity contribution in [1.82, 2.24) is 10.2 Å². The van der Waals surface area contributed by atoms with Crippen LogP contribution in [0.15, 0.2) is 52.6 Å². The smallest absolute Gasteiger partial charge is 0.329 e. The molecule has 1 aliphatic heterocycles. The SMILES string of the molecule is O=C(O)CN1C(=O)N/C(=C/c2cc(Br)ccc2OCc2ccc([N+](=O)[O-])cc2)C1=O. The summed E-state index contributed by atoms with van der Waals surface area (Å²) < 4.78 is 6.47. The molecular formula is C19H14BrN3O7. The molecular weight excluding hydrogens is 462 g/mol. The Bertz CT molecular complexity index is 1070. The van der Waals surface area contributed by atoms with E-state index in [1.807, 2.05) is 0 Å². The largest absolute Gasteiger partial charge is 0.488 e. The third-order valence-corrected chi connectivity index (χ3v) is 4.56. The number of carbonyl (C=O) groups excluding carboxylic acids is 2. The van der Waals surface area contributed by atoms with Crippen molar-refractivity contribution < 1.29 is 29.2 Å². The molecule has 154 valence electrons. The number of urea groups is 1. The lowest BCUT2D eigenvalue weighted by Crippen LogP contribution is -2.35. The van der Waals surface area contributed by atoms with Gasteiger partial charge in [0.2, 0.25) is 0 Å². The Hall–Kier alpha value is -3.73. The maximum atomic E-state index is 12.3. The fraction of sp³-hybridized carbons (Fsp3) is 0.105. The number of aliphatic carboxylic acids is 1. The number of hydrogen-bond acceptors (Lipinski definition) is 6. The molecule has 3 amide bonds. The van der Waals surface area contributed by atoms with Crippen LogP contribution < -0.4 is 10.1 Å². The third-order valence-electron chi connectivity index (χ3n) is 4.07. The molecule has 1 fully saturated rings. The van der Waals surface area contributed by atoms with Gasteiger partial charge in [-0.2, -0.15) is 0 Å². The second-order valence-corrected chi connectivity index (χ2v) is 7.08. The summed E-state index contributed by atoms with van der Waals surface area (Å²) >= 11 is 3.33. The number of amides is 3. The summed E-state index contributed by atoms with van der Waals surface area (Å²) in [5.74, 6) is -1.68. The van der Waals surface area contributed by atoms with Crippen LogP contribution >= 0.6 is 15.9 Å². The molecule has 0 spiro atoms. The second kappa shape index (κ2) is 8.74. The number of imide groups is 1. The van der Waals surface area contributed by atoms with Crippen LogP contribution in [0.3, 0.4) is 0 Å². The summed E-state index contributed by atoms with van der Waals surface area (Å²) in [5, 5.41) is 21.9. The quantitative estimate of drug-likeness (QED) is 0.271. The van der Waals surface area contributed by atoms with E-state index in [1.165, 1.54) is 18.2 Å². The number of carbonyl (C=O) groups is 3. The number of hydrogen-bond donors (Lipinski definition) is 2. The van der Waals surface area contributed by atoms with E-state index in [0.29, 0.717) is 26.2 Å². The predicted octanol–water partition coefficient (Wildman–Crippen LogP) is 2.91. The number of nitro groups is 1. The van der Waals surface area contributed by atoms with E-state index in [2.05, 4.69) is 21.2 Å². The molecule has 30 heavy (non-hydrogen) atoms. The molecule has 1 aliphatic rings. The number of ether oxygens (including phenoxy) is 1. The van der Waals surface area contributed by atoms with Crippen LogP contribution in [0.5, 0.6) is 5.75 Å². The van der Waals surface area contributed by atoms with Gasteiger partial charge in [-0.1, -0.05) is 15.9 Å². The third kappa shape index (κ3) is 4.81. The zero-order chi connectivity index (χ0) is 21.8. The van der Waals surface area contributed by atoms with E-state index < -0.39 is 29.4 Å². The van der Waals surface area contributed by atoms with Gasteiger partial charge in [-0.05, 0) is 42.0 Å². The van der Waals surface area contributed by atoms with Gasteiger partial charge in [0.1, 0.15) is 24.6 Å². The Morgan fingerprint density at radius 2 is 1.93 bits per heavy atom. The van der Waals surface area contributed by atoms with Crippen molar-refractivity contribution in [2.75, 3.05) is 6.54 Å². The number of benzene rings is 2. The van der Waals surface area contributed by atoms with Gasteiger partial charge in [0.05, 0.1) is 4.92 Å². The van der Waals surface area contributed by atoms with Crippen molar-refractivity contribution in [2.45, 2.75) is 6.61 Å². The van der Waals surface area contributed by atoms with Crippen LogP contribution in [-0.2, 0) is 16.2 Å². The van der Waals surface area contributed by atoms with E-state index in [9.17, 15) is 24.5 Å². The second-order valence-electron chi connectivity index (χ2n) is 6.17. The first-order valence-electron chi connectivity index (χ1n) is 8.46. The van der Waals surface area contributed by atoms with Crippen molar-refractivity contribution >= 4 is 45.6 Å². The van der Waals surface area contributed by atoms with Gasteiger partial charge < -0.3 is 15.2 Å². The highest BCUT2D eigenvalue weighted by Gasteiger charge is 2.35. The van der Waals surface area contributed by atoms with E-state index >= 15 is 0 Å². The molecule has 0 unspecified atom stereocenters. The maximum absolute atomic E-state index is 12.3. The topological polar surface area (TPSA) is 139 Å². The molecule has 2 aromatic carbocycles. The van der Waals surface area contributed by atoms with Crippen molar-refractivity contribution in [1.29, 1.82) is 0 Å². The summed E-state index contributed by atoms with van der Waals surface area (Å²) in [6, 6.07) is 10.1. The minimum absolute atomic E-state index is 0.0331. The Balaban J connectivity index is 1.81. The number of halogens is 1.